The number of hydrogen-bond donors (Lipinski definition) is 1. The number of cyclic esters (lactones) is 1. The van der Waals surface area contributed by atoms with Gasteiger partial charge in [0.2, 0.25) is 0 Å². The molecule has 3 aromatic carbocycles. The first-order chi connectivity index (χ1) is 19.8. The summed E-state index contributed by atoms with van der Waals surface area (Å²) in [5, 5.41) is 9.72. The van der Waals surface area contributed by atoms with Crippen molar-refractivity contribution in [3.63, 3.8) is 0 Å². The quantitative estimate of drug-likeness (QED) is 0.102. The lowest BCUT2D eigenvalue weighted by Gasteiger charge is -2.41. The van der Waals surface area contributed by atoms with Gasteiger partial charge in [-0.25, -0.2) is 20.2 Å². The van der Waals surface area contributed by atoms with Crippen LogP contribution in [-0.2, 0) is 20.9 Å². The van der Waals surface area contributed by atoms with E-state index < -0.39 is 23.0 Å². The third-order valence-corrected chi connectivity index (χ3v) is 6.74. The SMILES string of the molecule is COc1cccc(/C=C/C(=O)C2NN(c3ccccc3COc3cccc4ccc(C)nc34)C(Cl)(C#N)OC2=O)c1. The number of rotatable bonds is 8. The summed E-state index contributed by atoms with van der Waals surface area (Å²) in [6.07, 6.45) is 2.81. The summed E-state index contributed by atoms with van der Waals surface area (Å²) in [7, 11) is 1.54. The highest BCUT2D eigenvalue weighted by molar-refractivity contribution is 6.27. The number of hydrazine groups is 1. The molecule has 10 heteroatoms. The predicted octanol–water partition coefficient (Wildman–Crippen LogP) is 5.07. The Hall–Kier alpha value is -4.91. The zero-order chi connectivity index (χ0) is 29.0. The number of fused-ring (bicyclic) bond motifs is 1. The van der Waals surface area contributed by atoms with Crippen LogP contribution in [0.1, 0.15) is 16.8 Å². The van der Waals surface area contributed by atoms with Gasteiger partial charge in [0, 0.05) is 16.6 Å². The van der Waals surface area contributed by atoms with Crippen molar-refractivity contribution >= 4 is 46.0 Å². The van der Waals surface area contributed by atoms with E-state index >= 15 is 0 Å². The van der Waals surface area contributed by atoms with E-state index in [9.17, 15) is 14.9 Å². The van der Waals surface area contributed by atoms with Crippen molar-refractivity contribution < 1.29 is 23.8 Å². The number of anilines is 1. The maximum Gasteiger partial charge on any atom is 0.368 e. The predicted molar refractivity (Wildman–Crippen MR) is 154 cm³/mol. The molecule has 0 aliphatic carbocycles. The number of aromatic nitrogens is 1. The van der Waals surface area contributed by atoms with Gasteiger partial charge in [-0.3, -0.25) is 4.79 Å². The molecule has 1 fully saturated rings. The molecule has 2 unspecified atom stereocenters. The van der Waals surface area contributed by atoms with Crippen molar-refractivity contribution in [1.82, 2.24) is 10.4 Å². The number of pyridine rings is 1. The largest absolute Gasteiger partial charge is 0.497 e. The maximum atomic E-state index is 13.1. The molecule has 2 heterocycles. The summed E-state index contributed by atoms with van der Waals surface area (Å²) < 4.78 is 16.7. The minimum Gasteiger partial charge on any atom is -0.497 e. The third kappa shape index (κ3) is 5.84. The van der Waals surface area contributed by atoms with E-state index in [1.165, 1.54) is 11.1 Å². The molecular weight excluding hydrogens is 544 g/mol. The highest BCUT2D eigenvalue weighted by Gasteiger charge is 2.50. The van der Waals surface area contributed by atoms with E-state index in [-0.39, 0.29) is 6.61 Å². The molecule has 4 aromatic rings. The number of esters is 1. The molecule has 0 saturated carbocycles. The molecule has 9 nitrogen and oxygen atoms in total. The molecule has 0 radical (unpaired) electrons. The van der Waals surface area contributed by atoms with Gasteiger partial charge in [-0.1, -0.05) is 54.6 Å². The van der Waals surface area contributed by atoms with Gasteiger partial charge in [0.05, 0.1) is 12.8 Å². The summed E-state index contributed by atoms with van der Waals surface area (Å²) >= 11 is 6.48. The minimum absolute atomic E-state index is 0.0732. The second kappa shape index (κ2) is 11.7. The van der Waals surface area contributed by atoms with E-state index in [0.29, 0.717) is 33.8 Å². The second-order valence-electron chi connectivity index (χ2n) is 9.20. The van der Waals surface area contributed by atoms with E-state index in [1.807, 2.05) is 43.3 Å². The number of ether oxygens (including phenoxy) is 3. The lowest BCUT2D eigenvalue weighted by atomic mass is 10.1. The Balaban J connectivity index is 1.41. The molecule has 2 atom stereocenters. The number of benzene rings is 3. The third-order valence-electron chi connectivity index (χ3n) is 6.41. The number of alkyl halides is 1. The summed E-state index contributed by atoms with van der Waals surface area (Å²) in [4.78, 5) is 30.5. The number of hydrogen-bond acceptors (Lipinski definition) is 9. The second-order valence-corrected chi connectivity index (χ2v) is 9.71. The highest BCUT2D eigenvalue weighted by atomic mass is 35.5. The highest BCUT2D eigenvalue weighted by Crippen LogP contribution is 2.34. The van der Waals surface area contributed by atoms with Crippen LogP contribution in [0.2, 0.25) is 0 Å². The molecule has 0 bridgehead atoms. The van der Waals surface area contributed by atoms with Gasteiger partial charge in [-0.2, -0.15) is 5.26 Å². The van der Waals surface area contributed by atoms with Crippen LogP contribution in [0.15, 0.2) is 84.9 Å². The number of nitrogens with zero attached hydrogens (tertiary/aromatic N) is 3. The standard InChI is InChI=1S/C31H25ClN4O5/c1-20-13-15-22-9-6-12-27(28(22)34-20)40-18-23-8-3-4-11-25(23)36-31(32,19-33)41-30(38)29(35-36)26(37)16-14-21-7-5-10-24(17-21)39-2/h3-17,29,35H,18H2,1-2H3/b16-14+. The van der Waals surface area contributed by atoms with E-state index in [0.717, 1.165) is 11.1 Å². The summed E-state index contributed by atoms with van der Waals surface area (Å²) in [5.41, 5.74) is 6.07. The zero-order valence-electron chi connectivity index (χ0n) is 22.2. The molecule has 1 aliphatic rings. The van der Waals surface area contributed by atoms with Gasteiger partial charge in [0.25, 0.3) is 0 Å². The van der Waals surface area contributed by atoms with E-state index in [4.69, 9.17) is 25.8 Å². The average molecular weight is 569 g/mol. The van der Waals surface area contributed by atoms with Crippen molar-refractivity contribution in [2.75, 3.05) is 12.1 Å². The normalized spacial score (nSPS) is 18.6. The Morgan fingerprint density at radius 2 is 1.98 bits per heavy atom. The zero-order valence-corrected chi connectivity index (χ0v) is 23.0. The van der Waals surface area contributed by atoms with E-state index in [2.05, 4.69) is 10.4 Å². The van der Waals surface area contributed by atoms with Crippen LogP contribution in [0, 0.1) is 18.3 Å². The fourth-order valence-corrected chi connectivity index (χ4v) is 4.56. The number of carbonyl (C=O) groups is 2. The number of nitrogens with one attached hydrogen (secondary N) is 1. The average Bonchev–Trinajstić information content (AvgIpc) is 2.99. The molecule has 0 spiro atoms. The minimum atomic E-state index is -2.25. The Morgan fingerprint density at radius 1 is 1.17 bits per heavy atom. The monoisotopic (exact) mass is 568 g/mol. The van der Waals surface area contributed by atoms with Gasteiger partial charge in [0.15, 0.2) is 17.9 Å². The Morgan fingerprint density at radius 3 is 2.78 bits per heavy atom. The number of carbonyl (C=O) groups excluding carboxylic acids is 2. The smallest absolute Gasteiger partial charge is 0.368 e. The van der Waals surface area contributed by atoms with E-state index in [1.54, 1.807) is 61.7 Å². The first-order valence-electron chi connectivity index (χ1n) is 12.6. The molecule has 1 saturated heterocycles. The van der Waals surface area contributed by atoms with Crippen LogP contribution in [0.25, 0.3) is 17.0 Å². The fourth-order valence-electron chi connectivity index (χ4n) is 4.34. The molecule has 206 valence electrons. The van der Waals surface area contributed by atoms with Crippen LogP contribution in [-0.4, -0.2) is 35.1 Å². The molecule has 5 rings (SSSR count). The fraction of sp³-hybridized carbons (Fsp3) is 0.161. The van der Waals surface area contributed by atoms with Crippen LogP contribution in [0.4, 0.5) is 5.69 Å². The molecule has 1 aliphatic heterocycles. The van der Waals surface area contributed by atoms with Gasteiger partial charge in [-0.15, -0.1) is 0 Å². The summed E-state index contributed by atoms with van der Waals surface area (Å²) in [6.45, 7) is 1.98. The van der Waals surface area contributed by atoms with Gasteiger partial charge in [0.1, 0.15) is 23.6 Å². The number of nitriles is 1. The van der Waals surface area contributed by atoms with Gasteiger partial charge >= 0.3 is 11.2 Å². The Kier molecular flexibility index (Phi) is 7.88. The number of methoxy groups -OCH3 is 1. The van der Waals surface area contributed by atoms with Gasteiger partial charge in [-0.05, 0) is 60.5 Å². The van der Waals surface area contributed by atoms with Crippen molar-refractivity contribution in [3.8, 4) is 17.6 Å². The van der Waals surface area contributed by atoms with Crippen molar-refractivity contribution in [2.24, 2.45) is 0 Å². The Bertz CT molecular complexity index is 1700. The van der Waals surface area contributed by atoms with Crippen molar-refractivity contribution in [1.29, 1.82) is 5.26 Å². The molecule has 41 heavy (non-hydrogen) atoms. The number of halogens is 1. The van der Waals surface area contributed by atoms with Crippen molar-refractivity contribution in [3.05, 3.63) is 102 Å². The van der Waals surface area contributed by atoms with Gasteiger partial charge < -0.3 is 14.2 Å². The van der Waals surface area contributed by atoms with Crippen LogP contribution in [0.3, 0.4) is 0 Å². The van der Waals surface area contributed by atoms with Crippen LogP contribution < -0.4 is 19.9 Å². The molecule has 1 N–H and O–H groups in total. The maximum absolute atomic E-state index is 13.1. The molecule has 0 amide bonds. The topological polar surface area (TPSA) is 114 Å². The first kappa shape index (κ1) is 27.6. The van der Waals surface area contributed by atoms with Crippen LogP contribution in [0.5, 0.6) is 11.5 Å². The number of para-hydroxylation sites is 2. The summed E-state index contributed by atoms with van der Waals surface area (Å²) in [6, 6.07) is 24.0. The molecular formula is C31H25ClN4O5. The number of aryl methyl sites for hydroxylation is 1. The number of ketones is 1. The first-order valence-corrected chi connectivity index (χ1v) is 13.0. The lowest BCUT2D eigenvalue weighted by Crippen LogP contribution is -2.67. The molecule has 1 aromatic heterocycles. The van der Waals surface area contributed by atoms with Crippen LogP contribution >= 0.6 is 11.6 Å². The summed E-state index contributed by atoms with van der Waals surface area (Å²) in [5.74, 6) is -0.378. The Labute approximate surface area is 241 Å². The lowest BCUT2D eigenvalue weighted by molar-refractivity contribution is -0.159. The van der Waals surface area contributed by atoms with Crippen molar-refractivity contribution in [2.45, 2.75) is 24.8 Å².